The summed E-state index contributed by atoms with van der Waals surface area (Å²) >= 11 is 0. The van der Waals surface area contributed by atoms with Gasteiger partial charge in [-0.25, -0.2) is 0 Å². The molecule has 0 spiro atoms. The highest BCUT2D eigenvalue weighted by molar-refractivity contribution is 6.23. The first kappa shape index (κ1) is 24.7. The van der Waals surface area contributed by atoms with Gasteiger partial charge in [0.1, 0.15) is 11.2 Å². The topological polar surface area (TPSA) is 16.4 Å². The molecule has 0 saturated heterocycles. The molecule has 9 aromatic rings. The number of hydrogen-bond donors (Lipinski definition) is 0. The van der Waals surface area contributed by atoms with Crippen LogP contribution in [0.25, 0.3) is 65.4 Å². The van der Waals surface area contributed by atoms with E-state index in [1.807, 2.05) is 6.07 Å². The highest BCUT2D eigenvalue weighted by atomic mass is 16.3. The highest BCUT2D eigenvalue weighted by Gasteiger charge is 2.25. The third-order valence-electron chi connectivity index (χ3n) is 8.82. The molecule has 0 radical (unpaired) electrons. The molecule has 0 aliphatic rings. The molecule has 1 aromatic heterocycles. The first-order valence-electron chi connectivity index (χ1n) is 15.0. The van der Waals surface area contributed by atoms with Crippen molar-refractivity contribution in [3.05, 3.63) is 164 Å². The Morgan fingerprint density at radius 2 is 1.02 bits per heavy atom. The van der Waals surface area contributed by atoms with Gasteiger partial charge in [0.05, 0.1) is 11.4 Å². The minimum atomic E-state index is 0.883. The summed E-state index contributed by atoms with van der Waals surface area (Å²) in [5.74, 6) is 0. The molecule has 0 fully saturated rings. The van der Waals surface area contributed by atoms with Crippen molar-refractivity contribution in [2.45, 2.75) is 0 Å². The highest BCUT2D eigenvalue weighted by Crippen LogP contribution is 2.50. The number of fused-ring (bicyclic) bond motifs is 7. The first-order valence-corrected chi connectivity index (χ1v) is 15.0. The summed E-state index contributed by atoms with van der Waals surface area (Å²) < 4.78 is 6.51. The summed E-state index contributed by atoms with van der Waals surface area (Å²) in [5.41, 5.74) is 7.46. The minimum absolute atomic E-state index is 0.883. The third kappa shape index (κ3) is 3.75. The zero-order valence-electron chi connectivity index (χ0n) is 23.9. The molecule has 0 atom stereocenters. The molecule has 0 aliphatic heterocycles. The smallest absolute Gasteiger partial charge is 0.136 e. The standard InChI is InChI=1S/C42H27NO/c1-2-16-30(17-3-1)43(37-23-12-15-28-13-4-7-19-32(28)37)38-25-26-40-42(35-22-10-11-24-39(35)44-40)41(38)36-27-29-14-5-6-18-31(29)33-20-8-9-21-34(33)36/h1-27H. The van der Waals surface area contributed by atoms with Gasteiger partial charge in [0.15, 0.2) is 0 Å². The average Bonchev–Trinajstić information content (AvgIpc) is 3.47. The fourth-order valence-electron chi connectivity index (χ4n) is 6.91. The predicted octanol–water partition coefficient (Wildman–Crippen LogP) is 12.2. The van der Waals surface area contributed by atoms with Crippen molar-refractivity contribution in [1.29, 1.82) is 0 Å². The molecule has 0 amide bonds. The van der Waals surface area contributed by atoms with Crippen molar-refractivity contribution in [3.63, 3.8) is 0 Å². The molecule has 0 N–H and O–H groups in total. The molecule has 2 heteroatoms. The second kappa shape index (κ2) is 9.86. The van der Waals surface area contributed by atoms with E-state index in [0.717, 1.165) is 44.6 Å². The van der Waals surface area contributed by atoms with Gasteiger partial charge in [0.25, 0.3) is 0 Å². The van der Waals surface area contributed by atoms with Gasteiger partial charge in [-0.3, -0.25) is 0 Å². The Kier molecular flexibility index (Phi) is 5.54. The molecule has 8 aromatic carbocycles. The van der Waals surface area contributed by atoms with Crippen LogP contribution in [0.3, 0.4) is 0 Å². The van der Waals surface area contributed by atoms with E-state index in [9.17, 15) is 0 Å². The first-order chi connectivity index (χ1) is 21.8. The molecule has 1 heterocycles. The van der Waals surface area contributed by atoms with Gasteiger partial charge in [-0.15, -0.1) is 0 Å². The van der Waals surface area contributed by atoms with Crippen molar-refractivity contribution in [3.8, 4) is 11.1 Å². The maximum Gasteiger partial charge on any atom is 0.136 e. The van der Waals surface area contributed by atoms with E-state index in [2.05, 4.69) is 163 Å². The molecule has 44 heavy (non-hydrogen) atoms. The van der Waals surface area contributed by atoms with E-state index >= 15 is 0 Å². The monoisotopic (exact) mass is 561 g/mol. The van der Waals surface area contributed by atoms with Gasteiger partial charge in [-0.2, -0.15) is 0 Å². The van der Waals surface area contributed by atoms with Crippen molar-refractivity contribution in [2.24, 2.45) is 0 Å². The van der Waals surface area contributed by atoms with Crippen LogP contribution in [0.5, 0.6) is 0 Å². The maximum absolute atomic E-state index is 6.51. The lowest BCUT2D eigenvalue weighted by Gasteiger charge is -2.29. The van der Waals surface area contributed by atoms with E-state index in [4.69, 9.17) is 4.42 Å². The molecule has 206 valence electrons. The Bertz CT molecular complexity index is 2500. The normalized spacial score (nSPS) is 11.6. The Hall–Kier alpha value is -5.86. The van der Waals surface area contributed by atoms with Crippen LogP contribution in [-0.4, -0.2) is 0 Å². The number of benzene rings is 8. The molecular formula is C42H27NO. The fraction of sp³-hybridized carbons (Fsp3) is 0. The molecule has 0 bridgehead atoms. The fourth-order valence-corrected chi connectivity index (χ4v) is 6.91. The van der Waals surface area contributed by atoms with Crippen molar-refractivity contribution < 1.29 is 4.42 Å². The molecule has 0 aliphatic carbocycles. The summed E-state index contributed by atoms with van der Waals surface area (Å²) in [6, 6.07) is 58.5. The summed E-state index contributed by atoms with van der Waals surface area (Å²) in [4.78, 5) is 2.42. The van der Waals surface area contributed by atoms with Crippen LogP contribution >= 0.6 is 0 Å². The van der Waals surface area contributed by atoms with E-state index in [-0.39, 0.29) is 0 Å². The van der Waals surface area contributed by atoms with Gasteiger partial charge in [0, 0.05) is 27.4 Å². The lowest BCUT2D eigenvalue weighted by molar-refractivity contribution is 0.669. The quantitative estimate of drug-likeness (QED) is 0.199. The Morgan fingerprint density at radius 1 is 0.386 bits per heavy atom. The Balaban J connectivity index is 1.49. The number of hydrogen-bond acceptors (Lipinski definition) is 2. The summed E-state index contributed by atoms with van der Waals surface area (Å²) in [6.07, 6.45) is 0. The average molecular weight is 562 g/mol. The van der Waals surface area contributed by atoms with Crippen LogP contribution in [0.2, 0.25) is 0 Å². The van der Waals surface area contributed by atoms with Crippen LogP contribution in [0.1, 0.15) is 0 Å². The van der Waals surface area contributed by atoms with Crippen molar-refractivity contribution in [2.75, 3.05) is 4.90 Å². The maximum atomic E-state index is 6.51. The van der Waals surface area contributed by atoms with E-state index in [1.165, 1.54) is 37.9 Å². The third-order valence-corrected chi connectivity index (χ3v) is 8.82. The van der Waals surface area contributed by atoms with Crippen LogP contribution in [0.4, 0.5) is 17.1 Å². The van der Waals surface area contributed by atoms with Crippen LogP contribution in [0.15, 0.2) is 168 Å². The van der Waals surface area contributed by atoms with Crippen LogP contribution < -0.4 is 4.90 Å². The number of rotatable bonds is 4. The van der Waals surface area contributed by atoms with Gasteiger partial charge in [-0.05, 0) is 75.0 Å². The lowest BCUT2D eigenvalue weighted by atomic mass is 9.89. The molecule has 2 nitrogen and oxygen atoms in total. The summed E-state index contributed by atoms with van der Waals surface area (Å²) in [6.45, 7) is 0. The van der Waals surface area contributed by atoms with Crippen molar-refractivity contribution >= 4 is 71.3 Å². The number of para-hydroxylation sites is 2. The zero-order valence-corrected chi connectivity index (χ0v) is 23.9. The van der Waals surface area contributed by atoms with Gasteiger partial charge in [0.2, 0.25) is 0 Å². The Labute approximate surface area is 255 Å². The van der Waals surface area contributed by atoms with E-state index in [0.29, 0.717) is 0 Å². The summed E-state index contributed by atoms with van der Waals surface area (Å²) in [5, 5.41) is 9.58. The molecule has 9 rings (SSSR count). The minimum Gasteiger partial charge on any atom is -0.456 e. The zero-order chi connectivity index (χ0) is 29.0. The molecular weight excluding hydrogens is 534 g/mol. The van der Waals surface area contributed by atoms with Crippen LogP contribution in [0, 0.1) is 0 Å². The summed E-state index contributed by atoms with van der Waals surface area (Å²) in [7, 11) is 0. The lowest BCUT2D eigenvalue weighted by Crippen LogP contribution is -2.12. The second-order valence-corrected chi connectivity index (χ2v) is 11.3. The number of furan rings is 1. The number of nitrogens with zero attached hydrogens (tertiary/aromatic N) is 1. The van der Waals surface area contributed by atoms with E-state index < -0.39 is 0 Å². The van der Waals surface area contributed by atoms with Gasteiger partial charge >= 0.3 is 0 Å². The Morgan fingerprint density at radius 3 is 1.86 bits per heavy atom. The van der Waals surface area contributed by atoms with Gasteiger partial charge < -0.3 is 9.32 Å². The van der Waals surface area contributed by atoms with Crippen LogP contribution in [-0.2, 0) is 0 Å². The second-order valence-electron chi connectivity index (χ2n) is 11.3. The van der Waals surface area contributed by atoms with Crippen molar-refractivity contribution in [1.82, 2.24) is 0 Å². The SMILES string of the molecule is c1ccc(N(c2ccc3oc4ccccc4c3c2-c2cc3ccccc3c3ccccc23)c2cccc3ccccc23)cc1. The largest absolute Gasteiger partial charge is 0.456 e. The molecule has 0 saturated carbocycles. The van der Waals surface area contributed by atoms with E-state index in [1.54, 1.807) is 0 Å². The predicted molar refractivity (Wildman–Crippen MR) is 186 cm³/mol. The van der Waals surface area contributed by atoms with Gasteiger partial charge in [-0.1, -0.05) is 121 Å². The number of anilines is 3. The molecule has 0 unspecified atom stereocenters.